The predicted octanol–water partition coefficient (Wildman–Crippen LogP) is 1.83. The SMILES string of the molecule is CCCC(CC)C(=O)N(C)OC. The Kier molecular flexibility index (Phi) is 5.72. The van der Waals surface area contributed by atoms with Gasteiger partial charge in [-0.25, -0.2) is 5.06 Å². The van der Waals surface area contributed by atoms with Crippen molar-refractivity contribution in [3.8, 4) is 0 Å². The largest absolute Gasteiger partial charge is 0.275 e. The number of amides is 1. The van der Waals surface area contributed by atoms with E-state index >= 15 is 0 Å². The van der Waals surface area contributed by atoms with E-state index in [0.29, 0.717) is 0 Å². The lowest BCUT2D eigenvalue weighted by Crippen LogP contribution is -2.31. The lowest BCUT2D eigenvalue weighted by atomic mass is 10.00. The fraction of sp³-hybridized carbons (Fsp3) is 0.889. The smallest absolute Gasteiger partial charge is 0.248 e. The third-order valence-corrected chi connectivity index (χ3v) is 2.06. The molecule has 0 spiro atoms. The average molecular weight is 173 g/mol. The molecule has 0 aromatic carbocycles. The van der Waals surface area contributed by atoms with E-state index < -0.39 is 0 Å². The number of hydrogen-bond donors (Lipinski definition) is 0. The predicted molar refractivity (Wildman–Crippen MR) is 48.5 cm³/mol. The molecule has 0 heterocycles. The Hall–Kier alpha value is -0.570. The first-order valence-corrected chi connectivity index (χ1v) is 4.49. The van der Waals surface area contributed by atoms with Gasteiger partial charge in [0, 0.05) is 13.0 Å². The Morgan fingerprint density at radius 3 is 2.42 bits per heavy atom. The van der Waals surface area contributed by atoms with Crippen LogP contribution in [-0.2, 0) is 9.63 Å². The fourth-order valence-electron chi connectivity index (χ4n) is 1.20. The van der Waals surface area contributed by atoms with Gasteiger partial charge >= 0.3 is 0 Å². The number of hydrogen-bond acceptors (Lipinski definition) is 2. The van der Waals surface area contributed by atoms with E-state index in [-0.39, 0.29) is 11.8 Å². The van der Waals surface area contributed by atoms with E-state index in [0.717, 1.165) is 19.3 Å². The van der Waals surface area contributed by atoms with Gasteiger partial charge in [0.15, 0.2) is 0 Å². The van der Waals surface area contributed by atoms with Crippen LogP contribution >= 0.6 is 0 Å². The molecular weight excluding hydrogens is 154 g/mol. The van der Waals surface area contributed by atoms with Crippen LogP contribution in [-0.4, -0.2) is 25.1 Å². The molecule has 0 rings (SSSR count). The van der Waals surface area contributed by atoms with Crippen LogP contribution in [0.2, 0.25) is 0 Å². The fourth-order valence-corrected chi connectivity index (χ4v) is 1.20. The molecule has 0 bridgehead atoms. The zero-order valence-corrected chi connectivity index (χ0v) is 8.46. The van der Waals surface area contributed by atoms with E-state index in [9.17, 15) is 4.79 Å². The second-order valence-corrected chi connectivity index (χ2v) is 2.91. The van der Waals surface area contributed by atoms with Crippen molar-refractivity contribution in [2.75, 3.05) is 14.2 Å². The summed E-state index contributed by atoms with van der Waals surface area (Å²) in [5, 5.41) is 1.31. The summed E-state index contributed by atoms with van der Waals surface area (Å²) in [6.07, 6.45) is 2.88. The minimum Gasteiger partial charge on any atom is -0.275 e. The molecule has 0 aliphatic rings. The van der Waals surface area contributed by atoms with Gasteiger partial charge in [-0.2, -0.15) is 0 Å². The van der Waals surface area contributed by atoms with Crippen LogP contribution in [0.5, 0.6) is 0 Å². The zero-order chi connectivity index (χ0) is 9.56. The van der Waals surface area contributed by atoms with Crippen molar-refractivity contribution in [3.05, 3.63) is 0 Å². The summed E-state index contributed by atoms with van der Waals surface area (Å²) in [7, 11) is 3.16. The third-order valence-electron chi connectivity index (χ3n) is 2.06. The maximum Gasteiger partial charge on any atom is 0.248 e. The number of carbonyl (C=O) groups is 1. The molecule has 3 nitrogen and oxygen atoms in total. The first-order chi connectivity index (χ1) is 5.67. The summed E-state index contributed by atoms with van der Waals surface area (Å²) in [5.41, 5.74) is 0. The minimum absolute atomic E-state index is 0.0850. The van der Waals surface area contributed by atoms with Crippen LogP contribution < -0.4 is 0 Å². The van der Waals surface area contributed by atoms with Gasteiger partial charge in [0.25, 0.3) is 0 Å². The number of rotatable bonds is 5. The molecule has 0 N–H and O–H groups in total. The summed E-state index contributed by atoms with van der Waals surface area (Å²) in [4.78, 5) is 16.3. The van der Waals surface area contributed by atoms with E-state index in [4.69, 9.17) is 4.84 Å². The van der Waals surface area contributed by atoms with Gasteiger partial charge in [0.1, 0.15) is 0 Å². The maximum atomic E-state index is 11.5. The molecule has 0 aromatic rings. The van der Waals surface area contributed by atoms with Gasteiger partial charge in [0.05, 0.1) is 7.11 Å². The van der Waals surface area contributed by atoms with E-state index in [1.54, 1.807) is 7.05 Å². The van der Waals surface area contributed by atoms with Gasteiger partial charge in [-0.05, 0) is 12.8 Å². The van der Waals surface area contributed by atoms with Crippen molar-refractivity contribution in [2.24, 2.45) is 5.92 Å². The molecule has 1 atom stereocenters. The molecule has 0 aliphatic carbocycles. The second kappa shape index (κ2) is 6.00. The Morgan fingerprint density at radius 2 is 2.08 bits per heavy atom. The first kappa shape index (κ1) is 11.4. The van der Waals surface area contributed by atoms with Crippen LogP contribution in [0.4, 0.5) is 0 Å². The first-order valence-electron chi connectivity index (χ1n) is 4.49. The average Bonchev–Trinajstić information content (AvgIpc) is 2.11. The van der Waals surface area contributed by atoms with Gasteiger partial charge in [-0.15, -0.1) is 0 Å². The molecule has 1 unspecified atom stereocenters. The van der Waals surface area contributed by atoms with Crippen LogP contribution in [0, 0.1) is 5.92 Å². The van der Waals surface area contributed by atoms with Crippen molar-refractivity contribution < 1.29 is 9.63 Å². The van der Waals surface area contributed by atoms with Crippen LogP contribution in [0.1, 0.15) is 33.1 Å². The molecule has 0 saturated carbocycles. The molecule has 0 radical (unpaired) electrons. The molecule has 0 aliphatic heterocycles. The Labute approximate surface area is 74.6 Å². The van der Waals surface area contributed by atoms with Gasteiger partial charge < -0.3 is 0 Å². The van der Waals surface area contributed by atoms with Crippen molar-refractivity contribution in [3.63, 3.8) is 0 Å². The standard InChI is InChI=1S/C9H19NO2/c1-5-7-8(6-2)9(11)10(3)12-4/h8H,5-7H2,1-4H3. The van der Waals surface area contributed by atoms with Crippen molar-refractivity contribution in [1.29, 1.82) is 0 Å². The van der Waals surface area contributed by atoms with E-state index in [1.165, 1.54) is 12.2 Å². The van der Waals surface area contributed by atoms with Crippen molar-refractivity contribution in [2.45, 2.75) is 33.1 Å². The number of hydroxylamine groups is 2. The summed E-state index contributed by atoms with van der Waals surface area (Å²) < 4.78 is 0. The quantitative estimate of drug-likeness (QED) is 0.594. The lowest BCUT2D eigenvalue weighted by Gasteiger charge is -2.19. The summed E-state index contributed by atoms with van der Waals surface area (Å²) >= 11 is 0. The molecule has 3 heteroatoms. The summed E-state index contributed by atoms with van der Waals surface area (Å²) in [6, 6.07) is 0. The molecule has 72 valence electrons. The van der Waals surface area contributed by atoms with E-state index in [2.05, 4.69) is 6.92 Å². The topological polar surface area (TPSA) is 29.5 Å². The van der Waals surface area contributed by atoms with Crippen LogP contribution in [0.15, 0.2) is 0 Å². The number of carbonyl (C=O) groups excluding carboxylic acids is 1. The zero-order valence-electron chi connectivity index (χ0n) is 8.46. The molecular formula is C9H19NO2. The highest BCUT2D eigenvalue weighted by Gasteiger charge is 2.18. The van der Waals surface area contributed by atoms with Gasteiger partial charge in [0.2, 0.25) is 5.91 Å². The summed E-state index contributed by atoms with van der Waals surface area (Å²) in [5.74, 6) is 0.210. The highest BCUT2D eigenvalue weighted by molar-refractivity contribution is 5.77. The highest BCUT2D eigenvalue weighted by Crippen LogP contribution is 2.13. The molecule has 0 saturated heterocycles. The third kappa shape index (κ3) is 3.22. The van der Waals surface area contributed by atoms with Crippen LogP contribution in [0.3, 0.4) is 0 Å². The molecule has 0 aromatic heterocycles. The molecule has 12 heavy (non-hydrogen) atoms. The van der Waals surface area contributed by atoms with Crippen molar-refractivity contribution >= 4 is 5.91 Å². The Balaban J connectivity index is 4.01. The van der Waals surface area contributed by atoms with Gasteiger partial charge in [-0.3, -0.25) is 9.63 Å². The van der Waals surface area contributed by atoms with Crippen molar-refractivity contribution in [1.82, 2.24) is 5.06 Å². The highest BCUT2D eigenvalue weighted by atomic mass is 16.7. The van der Waals surface area contributed by atoms with Crippen LogP contribution in [0.25, 0.3) is 0 Å². The normalized spacial score (nSPS) is 12.7. The maximum absolute atomic E-state index is 11.5. The van der Waals surface area contributed by atoms with E-state index in [1.807, 2.05) is 6.92 Å². The Morgan fingerprint density at radius 1 is 1.50 bits per heavy atom. The molecule has 1 amide bonds. The molecule has 0 fully saturated rings. The summed E-state index contributed by atoms with van der Waals surface area (Å²) in [6.45, 7) is 4.12. The second-order valence-electron chi connectivity index (χ2n) is 2.91. The lowest BCUT2D eigenvalue weighted by molar-refractivity contribution is -0.173. The minimum atomic E-state index is 0.0850. The Bertz CT molecular complexity index is 136. The monoisotopic (exact) mass is 173 g/mol. The number of nitrogens with zero attached hydrogens (tertiary/aromatic N) is 1. The van der Waals surface area contributed by atoms with Gasteiger partial charge in [-0.1, -0.05) is 20.3 Å².